The van der Waals surface area contributed by atoms with E-state index in [1.807, 2.05) is 30.3 Å². The van der Waals surface area contributed by atoms with Gasteiger partial charge in [0.05, 0.1) is 16.9 Å². The molecular weight excluding hydrogens is 348 g/mol. The summed E-state index contributed by atoms with van der Waals surface area (Å²) in [5.41, 5.74) is 0. The number of benzene rings is 1. The first-order valence-electron chi connectivity index (χ1n) is 7.66. The zero-order valence-corrected chi connectivity index (χ0v) is 15.0. The van der Waals surface area contributed by atoms with Crippen LogP contribution < -0.4 is 0 Å². The molecule has 2 atom stereocenters. The van der Waals surface area contributed by atoms with E-state index in [9.17, 15) is 9.32 Å². The van der Waals surface area contributed by atoms with Crippen molar-refractivity contribution < 1.29 is 9.32 Å². The van der Waals surface area contributed by atoms with Crippen molar-refractivity contribution in [1.29, 1.82) is 0 Å². The van der Waals surface area contributed by atoms with E-state index in [2.05, 4.69) is 22.9 Å². The highest BCUT2D eigenvalue weighted by molar-refractivity contribution is 9.11. The molecule has 1 aromatic carbocycles. The van der Waals surface area contributed by atoms with Crippen LogP contribution in [0.25, 0.3) is 0 Å². The summed E-state index contributed by atoms with van der Waals surface area (Å²) in [4.78, 5) is 0.751. The van der Waals surface area contributed by atoms with E-state index < -0.39 is 16.9 Å². The number of rotatable bonds is 10. The number of halogens is 1. The SMILES string of the molecule is CCCCCCCC[C@H](O)/C(Br)=C\S(=O)c1ccccc1. The van der Waals surface area contributed by atoms with Crippen LogP contribution >= 0.6 is 15.9 Å². The lowest BCUT2D eigenvalue weighted by Crippen LogP contribution is -2.07. The van der Waals surface area contributed by atoms with Crippen molar-refractivity contribution in [3.05, 3.63) is 40.2 Å². The van der Waals surface area contributed by atoms with Crippen molar-refractivity contribution in [2.75, 3.05) is 0 Å². The molecule has 0 fully saturated rings. The van der Waals surface area contributed by atoms with Crippen LogP contribution in [0.4, 0.5) is 0 Å². The molecule has 0 saturated carbocycles. The van der Waals surface area contributed by atoms with Crippen LogP contribution in [0.1, 0.15) is 51.9 Å². The molecule has 1 aromatic rings. The molecule has 0 radical (unpaired) electrons. The fraction of sp³-hybridized carbons (Fsp3) is 0.529. The van der Waals surface area contributed by atoms with Gasteiger partial charge >= 0.3 is 0 Å². The Bertz CT molecular complexity index is 445. The van der Waals surface area contributed by atoms with Crippen molar-refractivity contribution in [1.82, 2.24) is 0 Å². The minimum Gasteiger partial charge on any atom is -0.388 e. The van der Waals surface area contributed by atoms with E-state index in [1.54, 1.807) is 5.41 Å². The topological polar surface area (TPSA) is 37.3 Å². The highest BCUT2D eigenvalue weighted by Crippen LogP contribution is 2.20. The molecule has 0 heterocycles. The third kappa shape index (κ3) is 7.93. The molecule has 118 valence electrons. The average Bonchev–Trinajstić information content (AvgIpc) is 2.51. The van der Waals surface area contributed by atoms with E-state index in [1.165, 1.54) is 25.7 Å². The molecule has 0 amide bonds. The Morgan fingerprint density at radius 3 is 2.48 bits per heavy atom. The monoisotopic (exact) mass is 372 g/mol. The van der Waals surface area contributed by atoms with Gasteiger partial charge in [-0.1, -0.05) is 79.6 Å². The zero-order valence-electron chi connectivity index (χ0n) is 12.6. The average molecular weight is 373 g/mol. The van der Waals surface area contributed by atoms with E-state index in [0.29, 0.717) is 4.48 Å². The Balaban J connectivity index is 2.34. The fourth-order valence-corrected chi connectivity index (χ4v) is 3.72. The third-order valence-corrected chi connectivity index (χ3v) is 5.61. The summed E-state index contributed by atoms with van der Waals surface area (Å²) < 4.78 is 12.7. The maximum absolute atomic E-state index is 12.1. The summed E-state index contributed by atoms with van der Waals surface area (Å²) >= 11 is 3.35. The maximum Gasteiger partial charge on any atom is 0.0860 e. The van der Waals surface area contributed by atoms with Gasteiger partial charge in [-0.05, 0) is 18.6 Å². The smallest absolute Gasteiger partial charge is 0.0860 e. The highest BCUT2D eigenvalue weighted by atomic mass is 79.9. The second kappa shape index (κ2) is 11.2. The zero-order chi connectivity index (χ0) is 15.5. The van der Waals surface area contributed by atoms with Crippen molar-refractivity contribution in [2.24, 2.45) is 0 Å². The normalized spacial score (nSPS) is 14.9. The highest BCUT2D eigenvalue weighted by Gasteiger charge is 2.10. The van der Waals surface area contributed by atoms with Crippen LogP contribution in [0, 0.1) is 0 Å². The van der Waals surface area contributed by atoms with Gasteiger partial charge in [0.2, 0.25) is 0 Å². The van der Waals surface area contributed by atoms with E-state index in [4.69, 9.17) is 0 Å². The lowest BCUT2D eigenvalue weighted by Gasteiger charge is -2.09. The maximum atomic E-state index is 12.1. The largest absolute Gasteiger partial charge is 0.388 e. The number of aliphatic hydroxyl groups excluding tert-OH is 1. The quantitative estimate of drug-likeness (QED) is 0.577. The summed E-state index contributed by atoms with van der Waals surface area (Å²) in [5, 5.41) is 11.7. The summed E-state index contributed by atoms with van der Waals surface area (Å²) in [5.74, 6) is 0. The molecule has 2 nitrogen and oxygen atoms in total. The van der Waals surface area contributed by atoms with Gasteiger partial charge < -0.3 is 5.11 Å². The van der Waals surface area contributed by atoms with Crippen LogP contribution in [-0.4, -0.2) is 15.4 Å². The molecule has 1 N–H and O–H groups in total. The van der Waals surface area contributed by atoms with Gasteiger partial charge in [-0.2, -0.15) is 0 Å². The van der Waals surface area contributed by atoms with E-state index in [0.717, 1.165) is 24.2 Å². The Morgan fingerprint density at radius 2 is 1.81 bits per heavy atom. The predicted octanol–water partition coefficient (Wildman–Crippen LogP) is 5.14. The van der Waals surface area contributed by atoms with Gasteiger partial charge in [-0.15, -0.1) is 0 Å². The number of unbranched alkanes of at least 4 members (excludes halogenated alkanes) is 5. The van der Waals surface area contributed by atoms with Crippen LogP contribution in [0.15, 0.2) is 45.1 Å². The second-order valence-corrected chi connectivity index (χ2v) is 7.40. The number of hydrogen-bond acceptors (Lipinski definition) is 2. The number of hydrogen-bond donors (Lipinski definition) is 1. The van der Waals surface area contributed by atoms with Crippen LogP contribution in [0.3, 0.4) is 0 Å². The summed E-state index contributed by atoms with van der Waals surface area (Å²) in [6.45, 7) is 2.21. The van der Waals surface area contributed by atoms with Crippen LogP contribution in [-0.2, 0) is 10.8 Å². The molecule has 21 heavy (non-hydrogen) atoms. The van der Waals surface area contributed by atoms with Crippen molar-refractivity contribution >= 4 is 26.7 Å². The van der Waals surface area contributed by atoms with Gasteiger partial charge in [-0.3, -0.25) is 0 Å². The van der Waals surface area contributed by atoms with Gasteiger partial charge in [0.1, 0.15) is 0 Å². The lowest BCUT2D eigenvalue weighted by atomic mass is 10.1. The first-order valence-corrected chi connectivity index (χ1v) is 9.66. The first-order chi connectivity index (χ1) is 10.1. The molecule has 0 aliphatic rings. The Hall–Kier alpha value is -0.450. The molecule has 0 aliphatic carbocycles. The Morgan fingerprint density at radius 1 is 1.19 bits per heavy atom. The van der Waals surface area contributed by atoms with Crippen LogP contribution in [0.2, 0.25) is 0 Å². The van der Waals surface area contributed by atoms with Crippen molar-refractivity contribution in [2.45, 2.75) is 62.9 Å². The molecule has 0 saturated heterocycles. The van der Waals surface area contributed by atoms with Gasteiger partial charge in [0.15, 0.2) is 0 Å². The fourth-order valence-electron chi connectivity index (χ4n) is 2.06. The first kappa shape index (κ1) is 18.6. The molecule has 1 rings (SSSR count). The van der Waals surface area contributed by atoms with E-state index >= 15 is 0 Å². The standard InChI is InChI=1S/C17H25BrO2S/c1-2-3-4-5-6-10-13-17(19)16(18)14-21(20)15-11-8-7-9-12-15/h7-9,11-12,14,17,19H,2-6,10,13H2,1H3/b16-14+/t17-,21?/m0/s1. The summed E-state index contributed by atoms with van der Waals surface area (Å²) in [6.07, 6.45) is 7.38. The second-order valence-electron chi connectivity index (χ2n) is 5.19. The van der Waals surface area contributed by atoms with Crippen molar-refractivity contribution in [3.63, 3.8) is 0 Å². The summed E-state index contributed by atoms with van der Waals surface area (Å²) in [6, 6.07) is 9.27. The third-order valence-electron chi connectivity index (χ3n) is 3.34. The minimum absolute atomic E-state index is 0.552. The molecule has 0 aliphatic heterocycles. The van der Waals surface area contributed by atoms with Crippen LogP contribution in [0.5, 0.6) is 0 Å². The minimum atomic E-state index is -1.21. The molecular formula is C17H25BrO2S. The molecule has 0 bridgehead atoms. The number of aliphatic hydroxyl groups is 1. The predicted molar refractivity (Wildman–Crippen MR) is 93.9 cm³/mol. The van der Waals surface area contributed by atoms with Gasteiger partial charge in [-0.25, -0.2) is 4.21 Å². The Kier molecular flexibility index (Phi) is 9.89. The lowest BCUT2D eigenvalue weighted by molar-refractivity contribution is 0.205. The Labute approximate surface area is 139 Å². The van der Waals surface area contributed by atoms with Crippen molar-refractivity contribution in [3.8, 4) is 0 Å². The molecule has 1 unspecified atom stereocenters. The molecule has 0 spiro atoms. The van der Waals surface area contributed by atoms with E-state index in [-0.39, 0.29) is 0 Å². The molecule has 4 heteroatoms. The summed E-state index contributed by atoms with van der Waals surface area (Å²) in [7, 11) is -1.21. The van der Waals surface area contributed by atoms with Gasteiger partial charge in [0.25, 0.3) is 0 Å². The molecule has 0 aromatic heterocycles. The van der Waals surface area contributed by atoms with Gasteiger partial charge in [0, 0.05) is 14.8 Å².